The monoisotopic (exact) mass is 370 g/mol. The van der Waals surface area contributed by atoms with Gasteiger partial charge >= 0.3 is 12.1 Å². The van der Waals surface area contributed by atoms with Gasteiger partial charge in [0.1, 0.15) is 17.2 Å². The molecule has 1 spiro atoms. The number of hydrogen-bond acceptors (Lipinski definition) is 5. The quantitative estimate of drug-likeness (QED) is 0.664. The minimum atomic E-state index is -0.453. The fraction of sp³-hybridized carbons (Fsp3) is 0.778. The van der Waals surface area contributed by atoms with Crippen molar-refractivity contribution in [1.29, 1.82) is 0 Å². The number of likely N-dealkylation sites (tertiary alicyclic amines) is 2. The van der Waals surface area contributed by atoms with Crippen molar-refractivity contribution in [1.82, 2.24) is 9.80 Å². The molecule has 0 unspecified atom stereocenters. The van der Waals surface area contributed by atoms with Crippen molar-refractivity contribution in [2.24, 2.45) is 5.41 Å². The van der Waals surface area contributed by atoms with Crippen LogP contribution in [0.2, 0.25) is 0 Å². The van der Waals surface area contributed by atoms with Gasteiger partial charge in [0.2, 0.25) is 0 Å². The summed E-state index contributed by atoms with van der Waals surface area (Å²) in [5.41, 5.74) is 0.657. The average molecular weight is 371 g/mol. The molecule has 140 valence electrons. The molecule has 1 amide bonds. The number of hydrogen-bond donors (Lipinski definition) is 0. The smallest absolute Gasteiger partial charge is 0.410 e. The van der Waals surface area contributed by atoms with Gasteiger partial charge in [0, 0.05) is 26.2 Å². The molecule has 3 rings (SSSR count). The lowest BCUT2D eigenvalue weighted by Crippen LogP contribution is -2.49. The van der Waals surface area contributed by atoms with Crippen LogP contribution in [0.15, 0.2) is 10.7 Å². The number of ether oxygens (including phenoxy) is 2. The molecule has 2 saturated heterocycles. The number of halogens is 1. The van der Waals surface area contributed by atoms with Crippen molar-refractivity contribution in [2.45, 2.75) is 52.1 Å². The van der Waals surface area contributed by atoms with E-state index in [2.05, 4.69) is 4.90 Å². The SMILES string of the molecule is CC(C)(C)OC(=O)N1CCC2(CC1)CCN(C1=C(Cl)C(=O)OC1)CC2. The number of piperidine rings is 2. The summed E-state index contributed by atoms with van der Waals surface area (Å²) in [6.07, 6.45) is 3.90. The van der Waals surface area contributed by atoms with Gasteiger partial charge in [-0.1, -0.05) is 11.6 Å². The van der Waals surface area contributed by atoms with Crippen molar-refractivity contribution in [2.75, 3.05) is 32.8 Å². The predicted molar refractivity (Wildman–Crippen MR) is 94.1 cm³/mol. The number of carbonyl (C=O) groups excluding carboxylic acids is 2. The zero-order valence-electron chi connectivity index (χ0n) is 15.3. The number of cyclic esters (lactones) is 1. The molecular weight excluding hydrogens is 344 g/mol. The first kappa shape index (κ1) is 18.4. The number of esters is 1. The van der Waals surface area contributed by atoms with E-state index in [4.69, 9.17) is 21.1 Å². The Morgan fingerprint density at radius 2 is 1.68 bits per heavy atom. The van der Waals surface area contributed by atoms with E-state index in [0.717, 1.165) is 57.6 Å². The van der Waals surface area contributed by atoms with Crippen LogP contribution >= 0.6 is 11.6 Å². The van der Waals surface area contributed by atoms with Crippen LogP contribution in [0.5, 0.6) is 0 Å². The van der Waals surface area contributed by atoms with E-state index in [1.165, 1.54) is 0 Å². The second-order valence-electron chi connectivity index (χ2n) is 8.29. The number of amides is 1. The number of carbonyl (C=O) groups is 2. The van der Waals surface area contributed by atoms with E-state index < -0.39 is 11.6 Å². The summed E-state index contributed by atoms with van der Waals surface area (Å²) in [7, 11) is 0. The highest BCUT2D eigenvalue weighted by Crippen LogP contribution is 2.42. The molecule has 0 radical (unpaired) electrons. The lowest BCUT2D eigenvalue weighted by molar-refractivity contribution is -0.135. The maximum absolute atomic E-state index is 12.2. The third-order valence-electron chi connectivity index (χ3n) is 5.45. The lowest BCUT2D eigenvalue weighted by atomic mass is 9.71. The second-order valence-corrected chi connectivity index (χ2v) is 8.67. The van der Waals surface area contributed by atoms with E-state index in [9.17, 15) is 9.59 Å². The van der Waals surface area contributed by atoms with Crippen molar-refractivity contribution < 1.29 is 19.1 Å². The number of rotatable bonds is 1. The Bertz CT molecular complexity index is 578. The molecule has 3 heterocycles. The third-order valence-corrected chi connectivity index (χ3v) is 5.83. The predicted octanol–water partition coefficient (Wildman–Crippen LogP) is 3.11. The Morgan fingerprint density at radius 1 is 1.12 bits per heavy atom. The molecule has 2 fully saturated rings. The molecule has 0 aromatic carbocycles. The summed E-state index contributed by atoms with van der Waals surface area (Å²) < 4.78 is 10.5. The molecule has 0 aromatic rings. The zero-order chi connectivity index (χ0) is 18.2. The normalized spacial score (nSPS) is 23.9. The first-order valence-electron chi connectivity index (χ1n) is 8.98. The lowest BCUT2D eigenvalue weighted by Gasteiger charge is -2.47. The fourth-order valence-corrected chi connectivity index (χ4v) is 4.08. The highest BCUT2D eigenvalue weighted by molar-refractivity contribution is 6.42. The molecule has 3 aliphatic heterocycles. The van der Waals surface area contributed by atoms with Crippen LogP contribution in [-0.2, 0) is 14.3 Å². The Labute approximate surface area is 154 Å². The second kappa shape index (κ2) is 6.71. The summed E-state index contributed by atoms with van der Waals surface area (Å²) in [6, 6.07) is 0. The first-order valence-corrected chi connectivity index (χ1v) is 9.36. The van der Waals surface area contributed by atoms with E-state index in [-0.39, 0.29) is 23.1 Å². The molecule has 0 aliphatic carbocycles. The Kier molecular flexibility index (Phi) is 4.93. The maximum atomic E-state index is 12.2. The minimum absolute atomic E-state index is 0.210. The van der Waals surface area contributed by atoms with Crippen LogP contribution < -0.4 is 0 Å². The summed E-state index contributed by atoms with van der Waals surface area (Å²) in [5.74, 6) is -0.414. The zero-order valence-corrected chi connectivity index (χ0v) is 16.0. The van der Waals surface area contributed by atoms with Crippen LogP contribution in [-0.4, -0.2) is 60.2 Å². The van der Waals surface area contributed by atoms with Gasteiger partial charge in [0.05, 0.1) is 5.70 Å². The van der Waals surface area contributed by atoms with Gasteiger partial charge in [-0.25, -0.2) is 9.59 Å². The van der Waals surface area contributed by atoms with Crippen LogP contribution in [0.25, 0.3) is 0 Å². The molecule has 0 N–H and O–H groups in total. The van der Waals surface area contributed by atoms with E-state index >= 15 is 0 Å². The van der Waals surface area contributed by atoms with Crippen LogP contribution in [0.4, 0.5) is 4.79 Å². The minimum Gasteiger partial charge on any atom is -0.455 e. The molecular formula is C18H27ClN2O4. The molecule has 0 atom stereocenters. The molecule has 0 bridgehead atoms. The Morgan fingerprint density at radius 3 is 2.16 bits per heavy atom. The van der Waals surface area contributed by atoms with Gasteiger partial charge in [-0.3, -0.25) is 0 Å². The van der Waals surface area contributed by atoms with Crippen LogP contribution in [0, 0.1) is 5.41 Å². The Hall–Kier alpha value is -1.43. The maximum Gasteiger partial charge on any atom is 0.410 e. The van der Waals surface area contributed by atoms with Gasteiger partial charge in [-0.2, -0.15) is 0 Å². The highest BCUT2D eigenvalue weighted by atomic mass is 35.5. The summed E-state index contributed by atoms with van der Waals surface area (Å²) >= 11 is 6.05. The summed E-state index contributed by atoms with van der Waals surface area (Å²) in [5, 5.41) is 0.232. The van der Waals surface area contributed by atoms with Crippen LogP contribution in [0.1, 0.15) is 46.5 Å². The Balaban J connectivity index is 1.52. The highest BCUT2D eigenvalue weighted by Gasteiger charge is 2.40. The molecule has 6 nitrogen and oxygen atoms in total. The third kappa shape index (κ3) is 4.05. The molecule has 0 aromatic heterocycles. The van der Waals surface area contributed by atoms with Gasteiger partial charge in [0.15, 0.2) is 0 Å². The molecule has 7 heteroatoms. The van der Waals surface area contributed by atoms with E-state index in [1.54, 1.807) is 0 Å². The summed E-state index contributed by atoms with van der Waals surface area (Å²) in [4.78, 5) is 27.6. The summed E-state index contributed by atoms with van der Waals surface area (Å²) in [6.45, 7) is 9.23. The van der Waals surface area contributed by atoms with E-state index in [0.29, 0.717) is 0 Å². The first-order chi connectivity index (χ1) is 11.7. The van der Waals surface area contributed by atoms with Gasteiger partial charge in [-0.05, 0) is 51.9 Å². The van der Waals surface area contributed by atoms with E-state index in [1.807, 2.05) is 25.7 Å². The standard InChI is InChI=1S/C18H27ClN2O4/c1-17(2,3)25-16(23)21-10-6-18(7-11-21)4-8-20(9-5-18)13-12-24-15(22)14(13)19/h4-12H2,1-3H3. The van der Waals surface area contributed by atoms with Crippen LogP contribution in [0.3, 0.4) is 0 Å². The van der Waals surface area contributed by atoms with Crippen molar-refractivity contribution in [3.8, 4) is 0 Å². The van der Waals surface area contributed by atoms with Crippen molar-refractivity contribution >= 4 is 23.7 Å². The topological polar surface area (TPSA) is 59.1 Å². The van der Waals surface area contributed by atoms with Gasteiger partial charge < -0.3 is 19.3 Å². The molecule has 25 heavy (non-hydrogen) atoms. The fourth-order valence-electron chi connectivity index (χ4n) is 3.85. The molecule has 3 aliphatic rings. The average Bonchev–Trinajstić information content (AvgIpc) is 2.87. The molecule has 0 saturated carbocycles. The number of nitrogens with zero attached hydrogens (tertiary/aromatic N) is 2. The van der Waals surface area contributed by atoms with Crippen molar-refractivity contribution in [3.63, 3.8) is 0 Å². The van der Waals surface area contributed by atoms with Gasteiger partial charge in [0.25, 0.3) is 0 Å². The van der Waals surface area contributed by atoms with Crippen molar-refractivity contribution in [3.05, 3.63) is 10.7 Å². The largest absolute Gasteiger partial charge is 0.455 e. The van der Waals surface area contributed by atoms with Gasteiger partial charge in [-0.15, -0.1) is 0 Å².